The summed E-state index contributed by atoms with van der Waals surface area (Å²) in [5, 5.41) is 8.13. The number of pyridine rings is 1. The Hall–Kier alpha value is -2.67. The maximum atomic E-state index is 13.4. The van der Waals surface area contributed by atoms with E-state index in [1.807, 2.05) is 28.4 Å². The zero-order chi connectivity index (χ0) is 20.1. The average Bonchev–Trinajstić information content (AvgIpc) is 3.29. The summed E-state index contributed by atoms with van der Waals surface area (Å²) in [6.07, 6.45) is 4.92. The van der Waals surface area contributed by atoms with Crippen molar-refractivity contribution < 1.29 is 0 Å². The molecule has 0 spiro atoms. The fourth-order valence-corrected chi connectivity index (χ4v) is 5.08. The molecule has 2 atom stereocenters. The number of aromatic nitrogens is 5. The predicted molar refractivity (Wildman–Crippen MR) is 112 cm³/mol. The van der Waals surface area contributed by atoms with Crippen molar-refractivity contribution in [3.8, 4) is 11.4 Å². The molecule has 0 amide bonds. The highest BCUT2D eigenvalue weighted by molar-refractivity contribution is 5.55. The normalized spacial score (nSPS) is 20.7. The summed E-state index contributed by atoms with van der Waals surface area (Å²) in [5.41, 5.74) is 5.34. The molecule has 7 nitrogen and oxygen atoms in total. The van der Waals surface area contributed by atoms with E-state index in [-0.39, 0.29) is 5.56 Å². The van der Waals surface area contributed by atoms with Crippen molar-refractivity contribution in [3.63, 3.8) is 0 Å². The van der Waals surface area contributed by atoms with Crippen LogP contribution in [0.4, 0.5) is 0 Å². The van der Waals surface area contributed by atoms with Crippen LogP contribution >= 0.6 is 0 Å². The maximum absolute atomic E-state index is 13.4. The molecule has 0 aliphatic carbocycles. The summed E-state index contributed by atoms with van der Waals surface area (Å²) < 4.78 is 6.10. The van der Waals surface area contributed by atoms with E-state index in [2.05, 4.69) is 39.9 Å². The molecule has 3 aromatic heterocycles. The van der Waals surface area contributed by atoms with Gasteiger partial charge in [-0.3, -0.25) is 9.48 Å². The van der Waals surface area contributed by atoms with Crippen LogP contribution in [0.25, 0.3) is 11.4 Å². The van der Waals surface area contributed by atoms with Gasteiger partial charge >= 0.3 is 0 Å². The Morgan fingerprint density at radius 1 is 1.24 bits per heavy atom. The van der Waals surface area contributed by atoms with E-state index in [9.17, 15) is 4.79 Å². The molecule has 7 heteroatoms. The van der Waals surface area contributed by atoms with Crippen molar-refractivity contribution >= 4 is 0 Å². The van der Waals surface area contributed by atoms with Crippen LogP contribution in [0.2, 0.25) is 0 Å². The molecule has 5 rings (SSSR count). The van der Waals surface area contributed by atoms with E-state index in [1.165, 1.54) is 17.7 Å². The number of imidazole rings is 1. The van der Waals surface area contributed by atoms with Crippen LogP contribution in [0, 0.1) is 19.8 Å². The Kier molecular flexibility index (Phi) is 4.42. The highest BCUT2D eigenvalue weighted by atomic mass is 16.1. The van der Waals surface area contributed by atoms with Gasteiger partial charge in [-0.25, -0.2) is 4.98 Å². The second-order valence-electron chi connectivity index (χ2n) is 8.39. The lowest BCUT2D eigenvalue weighted by atomic mass is 9.84. The molecular formula is C22H28N6O. The molecule has 0 radical (unpaired) electrons. The van der Waals surface area contributed by atoms with Gasteiger partial charge in [-0.2, -0.15) is 5.10 Å². The molecule has 1 fully saturated rings. The van der Waals surface area contributed by atoms with Gasteiger partial charge in [-0.1, -0.05) is 0 Å². The van der Waals surface area contributed by atoms with Gasteiger partial charge in [0, 0.05) is 54.9 Å². The van der Waals surface area contributed by atoms with Crippen molar-refractivity contribution in [2.24, 2.45) is 5.92 Å². The van der Waals surface area contributed by atoms with Crippen LogP contribution in [-0.2, 0) is 19.6 Å². The standard InChI is InChI=1S/C22H28N6O/c1-4-28-15(3)19(14(2)25-28)13-26-8-7-24-21(26)18-5-6-20-17-9-16(10-23-11-17)12-27(20)22(18)29/h5-8,16-17,23H,4,9-13H2,1-3H3/t16-,17+/m0/s1. The van der Waals surface area contributed by atoms with Gasteiger partial charge in [-0.15, -0.1) is 0 Å². The quantitative estimate of drug-likeness (QED) is 0.740. The second-order valence-corrected chi connectivity index (χ2v) is 8.39. The van der Waals surface area contributed by atoms with Crippen LogP contribution in [0.1, 0.15) is 41.9 Å². The van der Waals surface area contributed by atoms with E-state index in [4.69, 9.17) is 0 Å². The number of piperidine rings is 1. The number of rotatable bonds is 4. The number of nitrogens with one attached hydrogen (secondary N) is 1. The third-order valence-corrected chi connectivity index (χ3v) is 6.62. The van der Waals surface area contributed by atoms with Crippen LogP contribution in [0.3, 0.4) is 0 Å². The molecule has 1 saturated heterocycles. The molecule has 29 heavy (non-hydrogen) atoms. The Labute approximate surface area is 170 Å². The molecule has 152 valence electrons. The zero-order valence-corrected chi connectivity index (χ0v) is 17.4. The van der Waals surface area contributed by atoms with Crippen LogP contribution in [-0.4, -0.2) is 37.0 Å². The van der Waals surface area contributed by atoms with Crippen LogP contribution in [0.15, 0.2) is 29.3 Å². The second kappa shape index (κ2) is 6.99. The summed E-state index contributed by atoms with van der Waals surface area (Å²) in [7, 11) is 0. The lowest BCUT2D eigenvalue weighted by Crippen LogP contribution is -2.45. The summed E-state index contributed by atoms with van der Waals surface area (Å²) >= 11 is 0. The van der Waals surface area contributed by atoms with Crippen LogP contribution < -0.4 is 10.9 Å². The third-order valence-electron chi connectivity index (χ3n) is 6.62. The molecule has 1 N–H and O–H groups in total. The predicted octanol–water partition coefficient (Wildman–Crippen LogP) is 2.30. The first kappa shape index (κ1) is 18.4. The average molecular weight is 393 g/mol. The van der Waals surface area contributed by atoms with E-state index in [1.54, 1.807) is 6.20 Å². The van der Waals surface area contributed by atoms with Crippen molar-refractivity contribution in [1.82, 2.24) is 29.2 Å². The van der Waals surface area contributed by atoms with Gasteiger partial charge in [0.05, 0.1) is 17.8 Å². The molecule has 0 unspecified atom stereocenters. The molecule has 3 aromatic rings. The topological polar surface area (TPSA) is 69.7 Å². The molecule has 5 heterocycles. The van der Waals surface area contributed by atoms with E-state index >= 15 is 0 Å². The summed E-state index contributed by atoms with van der Waals surface area (Å²) in [5.74, 6) is 1.72. The van der Waals surface area contributed by atoms with Gasteiger partial charge in [-0.05, 0) is 51.8 Å². The Morgan fingerprint density at radius 3 is 2.90 bits per heavy atom. The highest BCUT2D eigenvalue weighted by Crippen LogP contribution is 2.32. The zero-order valence-electron chi connectivity index (χ0n) is 17.4. The monoisotopic (exact) mass is 392 g/mol. The number of nitrogens with zero attached hydrogens (tertiary/aromatic N) is 5. The SMILES string of the molecule is CCn1nc(C)c(Cn2ccnc2-c2ccc3n(c2=O)C[C@@H]2CNC[C@H]3C2)c1C. The first-order chi connectivity index (χ1) is 14.1. The number of fused-ring (bicyclic) bond motifs is 4. The third kappa shape index (κ3) is 2.95. The summed E-state index contributed by atoms with van der Waals surface area (Å²) in [6.45, 7) is 10.5. The minimum absolute atomic E-state index is 0.0873. The molecule has 2 aliphatic rings. The molecule has 0 saturated carbocycles. The Bertz CT molecular complexity index is 1120. The van der Waals surface area contributed by atoms with Crippen molar-refractivity contribution in [3.05, 3.63) is 57.5 Å². The Morgan fingerprint density at radius 2 is 2.10 bits per heavy atom. The van der Waals surface area contributed by atoms with Gasteiger partial charge in [0.15, 0.2) is 0 Å². The van der Waals surface area contributed by atoms with Gasteiger partial charge < -0.3 is 14.5 Å². The van der Waals surface area contributed by atoms with E-state index < -0.39 is 0 Å². The smallest absolute Gasteiger partial charge is 0.261 e. The minimum Gasteiger partial charge on any atom is -0.326 e. The summed E-state index contributed by atoms with van der Waals surface area (Å²) in [4.78, 5) is 18.0. The van der Waals surface area contributed by atoms with E-state index in [0.717, 1.165) is 43.4 Å². The number of aryl methyl sites for hydroxylation is 2. The van der Waals surface area contributed by atoms with Gasteiger partial charge in [0.25, 0.3) is 5.56 Å². The lowest BCUT2D eigenvalue weighted by molar-refractivity contribution is 0.257. The molecule has 2 aliphatic heterocycles. The number of hydrogen-bond acceptors (Lipinski definition) is 4. The number of hydrogen-bond donors (Lipinski definition) is 1. The molecule has 0 aromatic carbocycles. The van der Waals surface area contributed by atoms with Crippen molar-refractivity contribution in [2.75, 3.05) is 13.1 Å². The van der Waals surface area contributed by atoms with Crippen molar-refractivity contribution in [2.45, 2.75) is 52.7 Å². The summed E-state index contributed by atoms with van der Waals surface area (Å²) in [6, 6.07) is 4.10. The fraction of sp³-hybridized carbons (Fsp3) is 0.500. The minimum atomic E-state index is 0.0873. The first-order valence-corrected chi connectivity index (χ1v) is 10.6. The van der Waals surface area contributed by atoms with Crippen LogP contribution in [0.5, 0.6) is 0 Å². The maximum Gasteiger partial charge on any atom is 0.261 e. The fourth-order valence-electron chi connectivity index (χ4n) is 5.08. The lowest BCUT2D eigenvalue weighted by Gasteiger charge is -2.37. The van der Waals surface area contributed by atoms with Gasteiger partial charge in [0.1, 0.15) is 5.82 Å². The Balaban J connectivity index is 1.54. The van der Waals surface area contributed by atoms with Crippen molar-refractivity contribution in [1.29, 1.82) is 0 Å². The first-order valence-electron chi connectivity index (χ1n) is 10.6. The van der Waals surface area contributed by atoms with E-state index in [0.29, 0.717) is 23.9 Å². The highest BCUT2D eigenvalue weighted by Gasteiger charge is 2.31. The largest absolute Gasteiger partial charge is 0.326 e. The molecular weight excluding hydrogens is 364 g/mol. The van der Waals surface area contributed by atoms with Gasteiger partial charge in [0.2, 0.25) is 0 Å². The molecule has 2 bridgehead atoms.